The lowest BCUT2D eigenvalue weighted by Gasteiger charge is -2.01. The highest BCUT2D eigenvalue weighted by Crippen LogP contribution is 2.20. The molecule has 22 heavy (non-hydrogen) atoms. The second-order valence-corrected chi connectivity index (χ2v) is 5.10. The highest BCUT2D eigenvalue weighted by atomic mass is 16.4. The summed E-state index contributed by atoms with van der Waals surface area (Å²) in [4.78, 5) is 12.1. The van der Waals surface area contributed by atoms with Crippen LogP contribution in [-0.2, 0) is 0 Å². The maximum atomic E-state index is 12.1. The molecule has 0 saturated heterocycles. The SMILES string of the molecule is Cc1ccc(-c2nnc(NC(=O)c3cccc(C)c3)o2)cc1. The van der Waals surface area contributed by atoms with E-state index in [9.17, 15) is 4.79 Å². The third-order valence-corrected chi connectivity index (χ3v) is 3.22. The van der Waals surface area contributed by atoms with Crippen molar-refractivity contribution in [1.29, 1.82) is 0 Å². The molecule has 2 aromatic carbocycles. The molecular weight excluding hydrogens is 278 g/mol. The fraction of sp³-hybridized carbons (Fsp3) is 0.118. The fourth-order valence-electron chi connectivity index (χ4n) is 2.04. The van der Waals surface area contributed by atoms with Gasteiger partial charge in [-0.2, -0.15) is 0 Å². The van der Waals surface area contributed by atoms with E-state index in [1.807, 2.05) is 50.2 Å². The molecule has 5 nitrogen and oxygen atoms in total. The van der Waals surface area contributed by atoms with Crippen molar-refractivity contribution in [2.75, 3.05) is 5.32 Å². The first-order valence-electron chi connectivity index (χ1n) is 6.90. The molecule has 0 aliphatic heterocycles. The summed E-state index contributed by atoms with van der Waals surface area (Å²) in [5, 5.41) is 10.4. The Kier molecular flexibility index (Phi) is 3.70. The van der Waals surface area contributed by atoms with Crippen LogP contribution in [0, 0.1) is 13.8 Å². The Morgan fingerprint density at radius 3 is 2.50 bits per heavy atom. The van der Waals surface area contributed by atoms with E-state index in [4.69, 9.17) is 4.42 Å². The Bertz CT molecular complexity index is 807. The zero-order chi connectivity index (χ0) is 15.5. The van der Waals surface area contributed by atoms with Gasteiger partial charge in [0.1, 0.15) is 0 Å². The van der Waals surface area contributed by atoms with E-state index in [0.29, 0.717) is 11.5 Å². The number of aromatic nitrogens is 2. The first kappa shape index (κ1) is 14.0. The second kappa shape index (κ2) is 5.81. The van der Waals surface area contributed by atoms with Crippen molar-refractivity contribution in [2.24, 2.45) is 0 Å². The molecule has 3 rings (SSSR count). The van der Waals surface area contributed by atoms with E-state index in [2.05, 4.69) is 15.5 Å². The van der Waals surface area contributed by atoms with E-state index in [0.717, 1.165) is 16.7 Å². The molecule has 0 radical (unpaired) electrons. The van der Waals surface area contributed by atoms with Gasteiger partial charge in [0.25, 0.3) is 5.91 Å². The zero-order valence-electron chi connectivity index (χ0n) is 12.3. The van der Waals surface area contributed by atoms with Gasteiger partial charge in [-0.25, -0.2) is 0 Å². The van der Waals surface area contributed by atoms with Gasteiger partial charge in [0.2, 0.25) is 5.89 Å². The van der Waals surface area contributed by atoms with Gasteiger partial charge in [-0.1, -0.05) is 40.5 Å². The highest BCUT2D eigenvalue weighted by molar-refractivity contribution is 6.03. The Balaban J connectivity index is 1.77. The zero-order valence-corrected chi connectivity index (χ0v) is 12.3. The summed E-state index contributed by atoms with van der Waals surface area (Å²) in [7, 11) is 0. The Morgan fingerprint density at radius 1 is 1.00 bits per heavy atom. The van der Waals surface area contributed by atoms with E-state index in [1.54, 1.807) is 12.1 Å². The quantitative estimate of drug-likeness (QED) is 0.801. The molecule has 0 aliphatic rings. The van der Waals surface area contributed by atoms with Crippen LogP contribution in [0.4, 0.5) is 6.01 Å². The van der Waals surface area contributed by atoms with Crippen LogP contribution in [0.3, 0.4) is 0 Å². The molecule has 0 aliphatic carbocycles. The van der Waals surface area contributed by atoms with Crippen LogP contribution >= 0.6 is 0 Å². The Hall–Kier alpha value is -2.95. The standard InChI is InChI=1S/C17H15N3O2/c1-11-6-8-13(9-7-11)16-19-20-17(22-16)18-15(21)14-5-3-4-12(2)10-14/h3-10H,1-2H3,(H,18,20,21). The number of nitrogens with one attached hydrogen (secondary N) is 1. The van der Waals surface area contributed by atoms with Crippen LogP contribution in [0.15, 0.2) is 52.9 Å². The van der Waals surface area contributed by atoms with Gasteiger partial charge in [0.15, 0.2) is 0 Å². The maximum Gasteiger partial charge on any atom is 0.322 e. The van der Waals surface area contributed by atoms with Gasteiger partial charge in [0, 0.05) is 11.1 Å². The second-order valence-electron chi connectivity index (χ2n) is 5.10. The molecule has 1 amide bonds. The maximum absolute atomic E-state index is 12.1. The molecule has 0 unspecified atom stereocenters. The van der Waals surface area contributed by atoms with Crippen LogP contribution in [0.25, 0.3) is 11.5 Å². The number of benzene rings is 2. The third kappa shape index (κ3) is 3.03. The molecule has 5 heteroatoms. The molecule has 0 atom stereocenters. The van der Waals surface area contributed by atoms with Crippen LogP contribution < -0.4 is 5.32 Å². The van der Waals surface area contributed by atoms with Crippen LogP contribution in [-0.4, -0.2) is 16.1 Å². The van der Waals surface area contributed by atoms with Crippen molar-refractivity contribution in [1.82, 2.24) is 10.2 Å². The average Bonchev–Trinajstić information content (AvgIpc) is 2.96. The first-order valence-corrected chi connectivity index (χ1v) is 6.90. The predicted octanol–water partition coefficient (Wildman–Crippen LogP) is 3.61. The predicted molar refractivity (Wildman–Crippen MR) is 83.6 cm³/mol. The lowest BCUT2D eigenvalue weighted by molar-refractivity contribution is 0.102. The molecule has 0 saturated carbocycles. The Labute approximate surface area is 128 Å². The fourth-order valence-corrected chi connectivity index (χ4v) is 2.04. The molecule has 1 aromatic heterocycles. The van der Waals surface area contributed by atoms with Gasteiger partial charge >= 0.3 is 6.01 Å². The summed E-state index contributed by atoms with van der Waals surface area (Å²) in [5.74, 6) is 0.0994. The summed E-state index contributed by atoms with van der Waals surface area (Å²) in [6.07, 6.45) is 0. The van der Waals surface area contributed by atoms with Gasteiger partial charge in [-0.15, -0.1) is 5.10 Å². The van der Waals surface area contributed by atoms with Gasteiger partial charge in [-0.05, 0) is 38.1 Å². The lowest BCUT2D eigenvalue weighted by Crippen LogP contribution is -2.12. The number of rotatable bonds is 3. The topological polar surface area (TPSA) is 68.0 Å². The minimum atomic E-state index is -0.275. The van der Waals surface area contributed by atoms with Crippen molar-refractivity contribution in [3.63, 3.8) is 0 Å². The molecular formula is C17H15N3O2. The van der Waals surface area contributed by atoms with Gasteiger partial charge in [0.05, 0.1) is 0 Å². The van der Waals surface area contributed by atoms with Gasteiger partial charge < -0.3 is 4.42 Å². The smallest absolute Gasteiger partial charge is 0.322 e. The molecule has 0 bridgehead atoms. The summed E-state index contributed by atoms with van der Waals surface area (Å²) in [6.45, 7) is 3.93. The summed E-state index contributed by atoms with van der Waals surface area (Å²) in [5.41, 5.74) is 3.53. The number of hydrogen-bond donors (Lipinski definition) is 1. The van der Waals surface area contributed by atoms with Gasteiger partial charge in [-0.3, -0.25) is 10.1 Å². The van der Waals surface area contributed by atoms with E-state index >= 15 is 0 Å². The molecule has 0 fully saturated rings. The number of hydrogen-bond acceptors (Lipinski definition) is 4. The number of amides is 1. The van der Waals surface area contributed by atoms with Crippen molar-refractivity contribution < 1.29 is 9.21 Å². The van der Waals surface area contributed by atoms with Crippen LogP contribution in [0.5, 0.6) is 0 Å². The molecule has 1 N–H and O–H groups in total. The first-order chi connectivity index (χ1) is 10.6. The normalized spacial score (nSPS) is 10.5. The summed E-state index contributed by atoms with van der Waals surface area (Å²) < 4.78 is 5.48. The van der Waals surface area contributed by atoms with Crippen molar-refractivity contribution in [2.45, 2.75) is 13.8 Å². The molecule has 110 valence electrons. The molecule has 0 spiro atoms. The average molecular weight is 293 g/mol. The van der Waals surface area contributed by atoms with Crippen LogP contribution in [0.1, 0.15) is 21.5 Å². The van der Waals surface area contributed by atoms with E-state index in [1.165, 1.54) is 0 Å². The number of carbonyl (C=O) groups is 1. The van der Waals surface area contributed by atoms with Crippen LogP contribution in [0.2, 0.25) is 0 Å². The number of carbonyl (C=O) groups excluding carboxylic acids is 1. The van der Waals surface area contributed by atoms with E-state index < -0.39 is 0 Å². The number of anilines is 1. The largest absolute Gasteiger partial charge is 0.403 e. The van der Waals surface area contributed by atoms with Crippen molar-refractivity contribution >= 4 is 11.9 Å². The number of nitrogens with zero attached hydrogens (tertiary/aromatic N) is 2. The third-order valence-electron chi connectivity index (χ3n) is 3.22. The minimum absolute atomic E-state index is 0.0853. The highest BCUT2D eigenvalue weighted by Gasteiger charge is 2.12. The monoisotopic (exact) mass is 293 g/mol. The Morgan fingerprint density at radius 2 is 1.77 bits per heavy atom. The van der Waals surface area contributed by atoms with Crippen molar-refractivity contribution in [3.05, 3.63) is 65.2 Å². The van der Waals surface area contributed by atoms with E-state index in [-0.39, 0.29) is 11.9 Å². The van der Waals surface area contributed by atoms with Crippen molar-refractivity contribution in [3.8, 4) is 11.5 Å². The molecule has 1 heterocycles. The lowest BCUT2D eigenvalue weighted by atomic mass is 10.1. The summed E-state index contributed by atoms with van der Waals surface area (Å²) in [6, 6.07) is 15.1. The molecule has 3 aromatic rings. The summed E-state index contributed by atoms with van der Waals surface area (Å²) >= 11 is 0. The number of aryl methyl sites for hydroxylation is 2. The minimum Gasteiger partial charge on any atom is -0.403 e.